The van der Waals surface area contributed by atoms with Gasteiger partial charge in [0, 0.05) is 24.1 Å². The van der Waals surface area contributed by atoms with Gasteiger partial charge < -0.3 is 0 Å². The van der Waals surface area contributed by atoms with Gasteiger partial charge in [0.1, 0.15) is 5.78 Å². The van der Waals surface area contributed by atoms with E-state index in [1.54, 1.807) is 16.4 Å². The van der Waals surface area contributed by atoms with E-state index in [0.717, 1.165) is 11.4 Å². The molecular formula is C15H18N2OS. The lowest BCUT2D eigenvalue weighted by Crippen LogP contribution is -2.09. The normalized spacial score (nSPS) is 10.7. The topological polar surface area (TPSA) is 34.9 Å². The minimum absolute atomic E-state index is 0.233. The Bertz CT molecular complexity index is 590. The number of hydrogen-bond acceptors (Lipinski definition) is 3. The molecule has 0 aliphatic rings. The van der Waals surface area contributed by atoms with Gasteiger partial charge in [0.05, 0.1) is 11.4 Å². The van der Waals surface area contributed by atoms with E-state index in [1.165, 1.54) is 10.5 Å². The van der Waals surface area contributed by atoms with Crippen LogP contribution in [0, 0.1) is 13.8 Å². The largest absolute Gasteiger partial charge is 0.298 e. The first-order chi connectivity index (χ1) is 9.06. The van der Waals surface area contributed by atoms with Crippen molar-refractivity contribution in [1.29, 1.82) is 0 Å². The quantitative estimate of drug-likeness (QED) is 0.786. The fourth-order valence-corrected chi connectivity index (χ4v) is 2.85. The SMILES string of the molecule is Cc1cc(CC(=O)CSc2ccccc2C)n(C)n1. The molecule has 0 N–H and O–H groups in total. The van der Waals surface area contributed by atoms with Crippen LogP contribution in [-0.2, 0) is 18.3 Å². The summed E-state index contributed by atoms with van der Waals surface area (Å²) in [5, 5.41) is 4.25. The highest BCUT2D eigenvalue weighted by Gasteiger charge is 2.09. The molecule has 1 heterocycles. The number of Topliss-reactive ketones (excluding diaryl/α,β-unsaturated/α-hetero) is 1. The van der Waals surface area contributed by atoms with E-state index in [9.17, 15) is 4.79 Å². The van der Waals surface area contributed by atoms with Crippen LogP contribution in [0.1, 0.15) is 17.0 Å². The van der Waals surface area contributed by atoms with Crippen LogP contribution in [-0.4, -0.2) is 21.3 Å². The molecule has 0 saturated heterocycles. The summed E-state index contributed by atoms with van der Waals surface area (Å²) < 4.78 is 1.78. The zero-order valence-corrected chi connectivity index (χ0v) is 12.3. The molecule has 0 spiro atoms. The average Bonchev–Trinajstić information content (AvgIpc) is 2.67. The second-order valence-electron chi connectivity index (χ2n) is 4.67. The Morgan fingerprint density at radius 1 is 1.32 bits per heavy atom. The number of aromatic nitrogens is 2. The Kier molecular flexibility index (Phi) is 4.43. The third-order valence-electron chi connectivity index (χ3n) is 2.96. The molecule has 0 aliphatic carbocycles. The monoisotopic (exact) mass is 274 g/mol. The Balaban J connectivity index is 1.92. The smallest absolute Gasteiger partial charge is 0.149 e. The van der Waals surface area contributed by atoms with Gasteiger partial charge in [0.2, 0.25) is 0 Å². The van der Waals surface area contributed by atoms with Crippen LogP contribution in [0.15, 0.2) is 35.2 Å². The Morgan fingerprint density at radius 3 is 2.68 bits per heavy atom. The zero-order chi connectivity index (χ0) is 13.8. The number of rotatable bonds is 5. The molecule has 0 fully saturated rings. The summed E-state index contributed by atoms with van der Waals surface area (Å²) in [5.74, 6) is 0.742. The summed E-state index contributed by atoms with van der Waals surface area (Å²) in [6.45, 7) is 4.01. The predicted octanol–water partition coefficient (Wildman–Crippen LogP) is 2.94. The molecule has 19 heavy (non-hydrogen) atoms. The van der Waals surface area contributed by atoms with Crippen molar-refractivity contribution in [1.82, 2.24) is 9.78 Å². The van der Waals surface area contributed by atoms with Gasteiger partial charge in [-0.05, 0) is 31.5 Å². The Hall–Kier alpha value is -1.55. The number of nitrogens with zero attached hydrogens (tertiary/aromatic N) is 2. The molecule has 0 aliphatic heterocycles. The van der Waals surface area contributed by atoms with Crippen LogP contribution in [0.5, 0.6) is 0 Å². The van der Waals surface area contributed by atoms with Gasteiger partial charge in [0.25, 0.3) is 0 Å². The van der Waals surface area contributed by atoms with Gasteiger partial charge in [-0.25, -0.2) is 0 Å². The number of hydrogen-bond donors (Lipinski definition) is 0. The third-order valence-corrected chi connectivity index (χ3v) is 4.19. The maximum atomic E-state index is 12.0. The van der Waals surface area contributed by atoms with Gasteiger partial charge in [-0.3, -0.25) is 9.48 Å². The highest BCUT2D eigenvalue weighted by atomic mass is 32.2. The number of aryl methyl sites for hydroxylation is 3. The van der Waals surface area contributed by atoms with Crippen molar-refractivity contribution in [2.24, 2.45) is 7.05 Å². The van der Waals surface area contributed by atoms with Gasteiger partial charge in [-0.2, -0.15) is 5.10 Å². The summed E-state index contributed by atoms with van der Waals surface area (Å²) in [4.78, 5) is 13.2. The van der Waals surface area contributed by atoms with Crippen molar-refractivity contribution in [2.45, 2.75) is 25.2 Å². The van der Waals surface area contributed by atoms with Crippen LogP contribution in [0.25, 0.3) is 0 Å². The van der Waals surface area contributed by atoms with E-state index >= 15 is 0 Å². The van der Waals surface area contributed by atoms with Crippen LogP contribution in [0.4, 0.5) is 0 Å². The molecule has 1 aromatic carbocycles. The second-order valence-corrected chi connectivity index (χ2v) is 5.69. The average molecular weight is 274 g/mol. The molecular weight excluding hydrogens is 256 g/mol. The lowest BCUT2D eigenvalue weighted by Gasteiger charge is -2.05. The molecule has 1 aromatic heterocycles. The maximum absolute atomic E-state index is 12.0. The first-order valence-electron chi connectivity index (χ1n) is 6.26. The van der Waals surface area contributed by atoms with Crippen molar-refractivity contribution in [3.8, 4) is 0 Å². The van der Waals surface area contributed by atoms with Crippen LogP contribution >= 0.6 is 11.8 Å². The van der Waals surface area contributed by atoms with Crippen molar-refractivity contribution in [3.63, 3.8) is 0 Å². The first kappa shape index (κ1) is 13.9. The molecule has 0 bridgehead atoms. The molecule has 3 nitrogen and oxygen atoms in total. The van der Waals surface area contributed by atoms with E-state index in [4.69, 9.17) is 0 Å². The highest BCUT2D eigenvalue weighted by Crippen LogP contribution is 2.22. The van der Waals surface area contributed by atoms with E-state index in [1.807, 2.05) is 32.2 Å². The van der Waals surface area contributed by atoms with Crippen molar-refractivity contribution in [3.05, 3.63) is 47.3 Å². The van der Waals surface area contributed by atoms with Gasteiger partial charge >= 0.3 is 0 Å². The molecule has 0 unspecified atom stereocenters. The van der Waals surface area contributed by atoms with E-state index < -0.39 is 0 Å². The fourth-order valence-electron chi connectivity index (χ4n) is 1.96. The minimum Gasteiger partial charge on any atom is -0.298 e. The zero-order valence-electron chi connectivity index (χ0n) is 11.5. The lowest BCUT2D eigenvalue weighted by atomic mass is 10.2. The van der Waals surface area contributed by atoms with Crippen molar-refractivity contribution < 1.29 is 4.79 Å². The van der Waals surface area contributed by atoms with Crippen molar-refractivity contribution >= 4 is 17.5 Å². The second kappa shape index (κ2) is 6.06. The van der Waals surface area contributed by atoms with E-state index in [0.29, 0.717) is 12.2 Å². The molecule has 4 heteroatoms. The molecule has 2 rings (SSSR count). The molecule has 2 aromatic rings. The third kappa shape index (κ3) is 3.70. The Morgan fingerprint density at radius 2 is 2.05 bits per heavy atom. The molecule has 0 atom stereocenters. The van der Waals surface area contributed by atoms with Crippen LogP contribution < -0.4 is 0 Å². The number of ketones is 1. The maximum Gasteiger partial charge on any atom is 0.149 e. The number of carbonyl (C=O) groups excluding carboxylic acids is 1. The summed E-state index contributed by atoms with van der Waals surface area (Å²) in [7, 11) is 1.88. The molecule has 0 amide bonds. The van der Waals surface area contributed by atoms with Crippen LogP contribution in [0.2, 0.25) is 0 Å². The lowest BCUT2D eigenvalue weighted by molar-refractivity contribution is -0.116. The Labute approximate surface area is 118 Å². The number of thioether (sulfide) groups is 1. The minimum atomic E-state index is 0.233. The first-order valence-corrected chi connectivity index (χ1v) is 7.24. The molecule has 100 valence electrons. The molecule has 0 saturated carbocycles. The molecule has 0 radical (unpaired) electrons. The summed E-state index contributed by atoms with van der Waals surface area (Å²) >= 11 is 1.61. The predicted molar refractivity (Wildman–Crippen MR) is 78.6 cm³/mol. The van der Waals surface area contributed by atoms with Crippen molar-refractivity contribution in [2.75, 3.05) is 5.75 Å². The van der Waals surface area contributed by atoms with Gasteiger partial charge in [0.15, 0.2) is 0 Å². The standard InChI is InChI=1S/C15H18N2OS/c1-11-6-4-5-7-15(11)19-10-14(18)9-13-8-12(2)16-17(13)3/h4-8H,9-10H2,1-3H3. The number of benzene rings is 1. The van der Waals surface area contributed by atoms with Crippen LogP contribution in [0.3, 0.4) is 0 Å². The van der Waals surface area contributed by atoms with Gasteiger partial charge in [-0.1, -0.05) is 18.2 Å². The summed E-state index contributed by atoms with van der Waals surface area (Å²) in [6.07, 6.45) is 0.455. The fraction of sp³-hybridized carbons (Fsp3) is 0.333. The highest BCUT2D eigenvalue weighted by molar-refractivity contribution is 8.00. The number of carbonyl (C=O) groups is 1. The van der Waals surface area contributed by atoms with E-state index in [-0.39, 0.29) is 5.78 Å². The van der Waals surface area contributed by atoms with E-state index in [2.05, 4.69) is 24.2 Å². The summed E-state index contributed by atoms with van der Waals surface area (Å²) in [5.41, 5.74) is 3.15. The summed E-state index contributed by atoms with van der Waals surface area (Å²) in [6, 6.07) is 10.1. The van der Waals surface area contributed by atoms with Gasteiger partial charge in [-0.15, -0.1) is 11.8 Å².